The van der Waals surface area contributed by atoms with Crippen molar-refractivity contribution < 1.29 is 4.79 Å². The molecule has 0 aliphatic heterocycles. The Morgan fingerprint density at radius 3 is 2.79 bits per heavy atom. The fraction of sp³-hybridized carbons (Fsp3) is 0.333. The standard InChI is InChI=1S/C12H12N4O3/c1-12(2,15-19)7-16-6-9(11(17)14-18)8-4-3-5-13-10(8)16/h3-6H,7H2,1-2H3. The Bertz CT molecular complexity index is 660. The molecule has 0 aliphatic carbocycles. The van der Waals surface area contributed by atoms with Gasteiger partial charge in [0.15, 0.2) is 0 Å². The van der Waals surface area contributed by atoms with Gasteiger partial charge in [0, 0.05) is 23.0 Å². The number of carbonyl (C=O) groups excluding carboxylic acids is 1. The molecule has 0 N–H and O–H groups in total. The van der Waals surface area contributed by atoms with E-state index in [-0.39, 0.29) is 12.1 Å². The molecule has 2 heterocycles. The van der Waals surface area contributed by atoms with Crippen LogP contribution in [0.5, 0.6) is 0 Å². The number of nitroso groups, excluding NO2 is 2. The van der Waals surface area contributed by atoms with Crippen LogP contribution in [0.25, 0.3) is 11.0 Å². The minimum Gasteiger partial charge on any atom is -0.329 e. The molecule has 0 saturated carbocycles. The van der Waals surface area contributed by atoms with E-state index >= 15 is 0 Å². The zero-order valence-corrected chi connectivity index (χ0v) is 10.5. The fourth-order valence-electron chi connectivity index (χ4n) is 1.91. The Kier molecular flexibility index (Phi) is 3.20. The normalized spacial score (nSPS) is 11.5. The number of nitrogens with zero attached hydrogens (tertiary/aromatic N) is 4. The van der Waals surface area contributed by atoms with Crippen LogP contribution in [-0.2, 0) is 6.54 Å². The van der Waals surface area contributed by atoms with Crippen molar-refractivity contribution in [2.75, 3.05) is 0 Å². The maximum absolute atomic E-state index is 11.5. The molecular weight excluding hydrogens is 248 g/mol. The molecule has 98 valence electrons. The number of pyridine rings is 1. The number of amides is 1. The highest BCUT2D eigenvalue weighted by molar-refractivity contribution is 6.06. The van der Waals surface area contributed by atoms with Crippen LogP contribution in [-0.4, -0.2) is 21.0 Å². The molecule has 2 rings (SSSR count). The van der Waals surface area contributed by atoms with Gasteiger partial charge < -0.3 is 4.57 Å². The van der Waals surface area contributed by atoms with Gasteiger partial charge in [-0.05, 0) is 26.0 Å². The van der Waals surface area contributed by atoms with Gasteiger partial charge in [-0.2, -0.15) is 4.91 Å². The molecule has 0 aromatic carbocycles. The van der Waals surface area contributed by atoms with Gasteiger partial charge in [-0.15, -0.1) is 4.91 Å². The molecule has 2 aromatic heterocycles. The van der Waals surface area contributed by atoms with E-state index in [0.29, 0.717) is 11.0 Å². The van der Waals surface area contributed by atoms with Crippen LogP contribution in [0.4, 0.5) is 0 Å². The van der Waals surface area contributed by atoms with E-state index in [2.05, 4.69) is 15.3 Å². The average Bonchev–Trinajstić information content (AvgIpc) is 2.77. The van der Waals surface area contributed by atoms with Gasteiger partial charge in [0.1, 0.15) is 11.2 Å². The zero-order chi connectivity index (χ0) is 14.0. The Morgan fingerprint density at radius 1 is 1.42 bits per heavy atom. The lowest BCUT2D eigenvalue weighted by Crippen LogP contribution is -2.23. The Balaban J connectivity index is 2.59. The predicted molar refractivity (Wildman–Crippen MR) is 69.7 cm³/mol. The second kappa shape index (κ2) is 4.68. The van der Waals surface area contributed by atoms with E-state index < -0.39 is 11.4 Å². The number of hydrogen-bond acceptors (Lipinski definition) is 5. The van der Waals surface area contributed by atoms with Crippen molar-refractivity contribution in [3.05, 3.63) is 39.9 Å². The SMILES string of the molecule is CC(C)(Cn1cc(C(=O)N=O)c2cccnc21)N=O. The minimum absolute atomic E-state index is 0.180. The van der Waals surface area contributed by atoms with Gasteiger partial charge in [-0.25, -0.2) is 4.98 Å². The summed E-state index contributed by atoms with van der Waals surface area (Å²) < 4.78 is 1.63. The van der Waals surface area contributed by atoms with E-state index in [1.165, 1.54) is 6.20 Å². The summed E-state index contributed by atoms with van der Waals surface area (Å²) in [5, 5.41) is 5.99. The van der Waals surface area contributed by atoms with Crippen LogP contribution in [0.3, 0.4) is 0 Å². The predicted octanol–water partition coefficient (Wildman–Crippen LogP) is 2.49. The van der Waals surface area contributed by atoms with Crippen molar-refractivity contribution in [1.82, 2.24) is 9.55 Å². The summed E-state index contributed by atoms with van der Waals surface area (Å²) in [5.41, 5.74) is -0.135. The topological polar surface area (TPSA) is 93.8 Å². The highest BCUT2D eigenvalue weighted by Crippen LogP contribution is 2.23. The van der Waals surface area contributed by atoms with E-state index in [9.17, 15) is 14.6 Å². The summed E-state index contributed by atoms with van der Waals surface area (Å²) in [6.45, 7) is 3.61. The second-order valence-electron chi connectivity index (χ2n) is 4.85. The molecule has 0 fully saturated rings. The highest BCUT2D eigenvalue weighted by atomic mass is 16.3. The van der Waals surface area contributed by atoms with E-state index in [1.54, 1.807) is 36.7 Å². The number of hydrogen-bond donors (Lipinski definition) is 0. The van der Waals surface area contributed by atoms with Crippen molar-refractivity contribution in [1.29, 1.82) is 0 Å². The Hall–Kier alpha value is -2.44. The second-order valence-corrected chi connectivity index (χ2v) is 4.85. The number of aromatic nitrogens is 2. The van der Waals surface area contributed by atoms with Crippen molar-refractivity contribution >= 4 is 16.9 Å². The third kappa shape index (κ3) is 2.40. The summed E-state index contributed by atoms with van der Waals surface area (Å²) in [4.78, 5) is 36.8. The third-order valence-corrected chi connectivity index (χ3v) is 2.75. The summed E-state index contributed by atoms with van der Waals surface area (Å²) in [5.74, 6) is -0.853. The molecule has 7 nitrogen and oxygen atoms in total. The molecule has 0 radical (unpaired) electrons. The number of carbonyl (C=O) groups is 1. The molecule has 0 aliphatic rings. The van der Waals surface area contributed by atoms with Crippen LogP contribution >= 0.6 is 0 Å². The first-order valence-electron chi connectivity index (χ1n) is 5.64. The van der Waals surface area contributed by atoms with Crippen LogP contribution < -0.4 is 0 Å². The molecule has 0 saturated heterocycles. The molecule has 7 heteroatoms. The number of fused-ring (bicyclic) bond motifs is 1. The smallest absolute Gasteiger partial charge is 0.318 e. The van der Waals surface area contributed by atoms with Gasteiger partial charge in [-0.3, -0.25) is 4.79 Å². The summed E-state index contributed by atoms with van der Waals surface area (Å²) in [7, 11) is 0. The monoisotopic (exact) mass is 260 g/mol. The lowest BCUT2D eigenvalue weighted by Gasteiger charge is -2.16. The lowest BCUT2D eigenvalue weighted by molar-refractivity contribution is 0.100. The summed E-state index contributed by atoms with van der Waals surface area (Å²) in [6, 6.07) is 3.34. The van der Waals surface area contributed by atoms with Crippen LogP contribution in [0.15, 0.2) is 34.9 Å². The largest absolute Gasteiger partial charge is 0.329 e. The Morgan fingerprint density at radius 2 is 2.16 bits per heavy atom. The Labute approximate surface area is 108 Å². The zero-order valence-electron chi connectivity index (χ0n) is 10.5. The third-order valence-electron chi connectivity index (χ3n) is 2.75. The van der Waals surface area contributed by atoms with E-state index in [4.69, 9.17) is 0 Å². The fourth-order valence-corrected chi connectivity index (χ4v) is 1.91. The van der Waals surface area contributed by atoms with Crippen LogP contribution in [0, 0.1) is 9.81 Å². The maximum Gasteiger partial charge on any atom is 0.318 e. The minimum atomic E-state index is -0.853. The van der Waals surface area contributed by atoms with E-state index in [0.717, 1.165) is 0 Å². The highest BCUT2D eigenvalue weighted by Gasteiger charge is 2.23. The lowest BCUT2D eigenvalue weighted by atomic mass is 10.1. The van der Waals surface area contributed by atoms with Gasteiger partial charge >= 0.3 is 5.91 Å². The molecule has 0 spiro atoms. The molecule has 19 heavy (non-hydrogen) atoms. The van der Waals surface area contributed by atoms with Crippen molar-refractivity contribution in [2.24, 2.45) is 10.4 Å². The van der Waals surface area contributed by atoms with Crippen LogP contribution in [0.1, 0.15) is 24.2 Å². The van der Waals surface area contributed by atoms with Gasteiger partial charge in [-0.1, -0.05) is 5.18 Å². The molecule has 0 atom stereocenters. The molecule has 1 amide bonds. The van der Waals surface area contributed by atoms with Crippen molar-refractivity contribution in [2.45, 2.75) is 25.9 Å². The molecule has 0 bridgehead atoms. The average molecular weight is 260 g/mol. The van der Waals surface area contributed by atoms with Crippen LogP contribution in [0.2, 0.25) is 0 Å². The van der Waals surface area contributed by atoms with Gasteiger partial charge in [0.2, 0.25) is 0 Å². The maximum atomic E-state index is 11.5. The van der Waals surface area contributed by atoms with E-state index in [1.807, 2.05) is 0 Å². The van der Waals surface area contributed by atoms with Crippen molar-refractivity contribution in [3.8, 4) is 0 Å². The molecule has 2 aromatic rings. The molecular formula is C12H12N4O3. The first-order valence-corrected chi connectivity index (χ1v) is 5.64. The summed E-state index contributed by atoms with van der Waals surface area (Å²) in [6.07, 6.45) is 3.05. The number of rotatable bonds is 4. The first kappa shape index (κ1) is 13.0. The summed E-state index contributed by atoms with van der Waals surface area (Å²) >= 11 is 0. The quantitative estimate of drug-likeness (QED) is 0.789. The van der Waals surface area contributed by atoms with Gasteiger partial charge in [0.05, 0.1) is 12.1 Å². The first-order chi connectivity index (χ1) is 8.98. The van der Waals surface area contributed by atoms with Gasteiger partial charge in [0.25, 0.3) is 0 Å². The molecule has 0 unspecified atom stereocenters. The van der Waals surface area contributed by atoms with Crippen molar-refractivity contribution in [3.63, 3.8) is 0 Å².